The number of hydrogen-bond donors (Lipinski definition) is 0. The van der Waals surface area contributed by atoms with Gasteiger partial charge in [-0.05, 0) is 117 Å². The Balaban J connectivity index is 1.38. The Morgan fingerprint density at radius 3 is 2.33 bits per heavy atom. The van der Waals surface area contributed by atoms with Crippen molar-refractivity contribution in [1.29, 1.82) is 0 Å². The molecule has 4 aliphatic carbocycles. The Kier molecular flexibility index (Phi) is 9.50. The van der Waals surface area contributed by atoms with E-state index in [0.29, 0.717) is 28.3 Å². The van der Waals surface area contributed by atoms with Crippen molar-refractivity contribution in [1.82, 2.24) is 5.01 Å². The van der Waals surface area contributed by atoms with Gasteiger partial charge in [-0.1, -0.05) is 83.3 Å². The molecule has 46 heavy (non-hydrogen) atoms. The molecule has 10 atom stereocenters. The van der Waals surface area contributed by atoms with E-state index in [9.17, 15) is 9.59 Å². The molecule has 5 nitrogen and oxygen atoms in total. The maximum Gasteiger partial charge on any atom is 0.240 e. The molecule has 1 aliphatic heterocycles. The van der Waals surface area contributed by atoms with E-state index in [1.807, 2.05) is 29.3 Å². The number of fused-ring (bicyclic) bond motifs is 6. The summed E-state index contributed by atoms with van der Waals surface area (Å²) in [5.41, 5.74) is 2.36. The lowest BCUT2D eigenvalue weighted by Gasteiger charge is -2.66. The highest BCUT2D eigenvalue weighted by molar-refractivity contribution is 8.15. The van der Waals surface area contributed by atoms with Gasteiger partial charge in [0.25, 0.3) is 0 Å². The number of anilines is 1. The molecule has 0 bridgehead atoms. The summed E-state index contributed by atoms with van der Waals surface area (Å²) in [6, 6.07) is 8.06. The number of hydrogen-bond acceptors (Lipinski definition) is 4. The summed E-state index contributed by atoms with van der Waals surface area (Å²) >= 11 is 8.74. The first-order valence-electron chi connectivity index (χ1n) is 18.3. The zero-order valence-corrected chi connectivity index (χ0v) is 31.2. The fourth-order valence-electron chi connectivity index (χ4n) is 11.6. The van der Waals surface area contributed by atoms with Crippen molar-refractivity contribution in [3.63, 3.8) is 0 Å². The number of benzene rings is 1. The normalized spacial score (nSPS) is 39.1. The predicted molar refractivity (Wildman–Crippen MR) is 193 cm³/mol. The van der Waals surface area contributed by atoms with E-state index in [4.69, 9.17) is 16.7 Å². The van der Waals surface area contributed by atoms with E-state index >= 15 is 0 Å². The number of carbonyl (C=O) groups excluding carboxylic acids is 2. The van der Waals surface area contributed by atoms with E-state index in [1.165, 1.54) is 44.9 Å². The van der Waals surface area contributed by atoms with Crippen LogP contribution < -0.4 is 4.90 Å². The average Bonchev–Trinajstić information content (AvgIpc) is 3.53. The smallest absolute Gasteiger partial charge is 0.240 e. The Labute approximate surface area is 288 Å². The van der Waals surface area contributed by atoms with Gasteiger partial charge in [0.2, 0.25) is 11.8 Å². The van der Waals surface area contributed by atoms with Gasteiger partial charge in [-0.15, -0.1) is 16.7 Å². The van der Waals surface area contributed by atoms with Crippen LogP contribution in [0.2, 0.25) is 0 Å². The molecule has 0 radical (unpaired) electrons. The van der Waals surface area contributed by atoms with E-state index in [2.05, 4.69) is 41.5 Å². The van der Waals surface area contributed by atoms with Gasteiger partial charge in [-0.25, -0.2) is 5.01 Å². The highest BCUT2D eigenvalue weighted by Crippen LogP contribution is 2.73. The minimum absolute atomic E-state index is 0.0333. The third-order valence-corrected chi connectivity index (χ3v) is 15.6. The van der Waals surface area contributed by atoms with Crippen molar-refractivity contribution in [3.8, 4) is 0 Å². The van der Waals surface area contributed by atoms with Crippen LogP contribution in [-0.2, 0) is 9.59 Å². The van der Waals surface area contributed by atoms with Gasteiger partial charge in [-0.3, -0.25) is 14.5 Å². The van der Waals surface area contributed by atoms with Crippen LogP contribution in [0.5, 0.6) is 0 Å². The number of rotatable bonds is 6. The minimum Gasteiger partial charge on any atom is -0.274 e. The van der Waals surface area contributed by atoms with Gasteiger partial charge >= 0.3 is 0 Å². The molecule has 5 aliphatic rings. The van der Waals surface area contributed by atoms with E-state index in [1.54, 1.807) is 30.5 Å². The lowest BCUT2D eigenvalue weighted by Crippen LogP contribution is -2.65. The summed E-state index contributed by atoms with van der Waals surface area (Å²) in [6.07, 6.45) is 13.2. The number of carbonyl (C=O) groups is 2. The summed E-state index contributed by atoms with van der Waals surface area (Å²) in [5.74, 6) is 4.23. The minimum atomic E-state index is -0.539. The predicted octanol–water partition coefficient (Wildman–Crippen LogP) is 10.2. The quantitative estimate of drug-likeness (QED) is 0.284. The maximum atomic E-state index is 13.7. The van der Waals surface area contributed by atoms with Crippen molar-refractivity contribution < 1.29 is 9.59 Å². The molecule has 0 N–H and O–H groups in total. The molecule has 1 spiro atoms. The number of amidine groups is 1. The number of aryl methyl sites for hydroxylation is 1. The van der Waals surface area contributed by atoms with Crippen LogP contribution in [0.25, 0.3) is 0 Å². The summed E-state index contributed by atoms with van der Waals surface area (Å²) in [4.78, 5) is 28.2. The zero-order chi connectivity index (χ0) is 33.2. The number of alkyl halides is 1. The van der Waals surface area contributed by atoms with Gasteiger partial charge in [0.1, 0.15) is 4.87 Å². The molecular weight excluding hydrogens is 610 g/mol. The van der Waals surface area contributed by atoms with Crippen LogP contribution >= 0.6 is 23.4 Å². The molecule has 1 aromatic rings. The van der Waals surface area contributed by atoms with Crippen LogP contribution in [0.15, 0.2) is 29.4 Å². The molecule has 6 rings (SSSR count). The van der Waals surface area contributed by atoms with Crippen molar-refractivity contribution in [2.45, 2.75) is 136 Å². The van der Waals surface area contributed by atoms with Gasteiger partial charge in [-0.2, -0.15) is 0 Å². The summed E-state index contributed by atoms with van der Waals surface area (Å²) in [5, 5.41) is 7.65. The highest BCUT2D eigenvalue weighted by atomic mass is 35.5. The summed E-state index contributed by atoms with van der Waals surface area (Å²) in [7, 11) is 0. The lowest BCUT2D eigenvalue weighted by molar-refractivity contribution is -0.164. The molecule has 0 aromatic heterocycles. The molecular formula is C39H58ClN3O2S. The third kappa shape index (κ3) is 5.67. The molecule has 1 aromatic carbocycles. The van der Waals surface area contributed by atoms with Crippen molar-refractivity contribution >= 4 is 46.0 Å². The summed E-state index contributed by atoms with van der Waals surface area (Å²) in [6.45, 7) is 17.7. The standard InChI is InChI=1S/C39H58ClN3O2S/c1-24(2)10-9-11-26(4)32-16-17-33-31-23-39(35-22-29(40)18-20-38(35,8)34(31)19-21-37(32,33)7)43(28(6)45)41-36(46-39)42(27(5)44)30-14-12-25(3)13-15-30/h12-15,24,26,29,31-35H,9-11,16-23H2,1-8H3/t26?,29?,31?,32?,33?,34?,35?,37?,38?,39-/m1/s1. The van der Waals surface area contributed by atoms with Crippen LogP contribution in [0.4, 0.5) is 5.69 Å². The first kappa shape index (κ1) is 34.3. The lowest BCUT2D eigenvalue weighted by atomic mass is 9.43. The fourth-order valence-corrected chi connectivity index (χ4v) is 13.7. The topological polar surface area (TPSA) is 53.0 Å². The molecule has 0 saturated heterocycles. The van der Waals surface area contributed by atoms with E-state index < -0.39 is 4.87 Å². The number of hydrazone groups is 1. The molecule has 1 heterocycles. The fraction of sp³-hybridized carbons (Fsp3) is 0.769. The Hall–Kier alpha value is -1.53. The Morgan fingerprint density at radius 1 is 1.00 bits per heavy atom. The molecule has 4 saturated carbocycles. The van der Waals surface area contributed by atoms with Crippen molar-refractivity contribution in [2.75, 3.05) is 4.90 Å². The molecule has 7 heteroatoms. The first-order chi connectivity index (χ1) is 21.7. The van der Waals surface area contributed by atoms with Crippen LogP contribution in [-0.4, -0.2) is 32.2 Å². The molecule has 254 valence electrons. The molecule has 4 fully saturated rings. The monoisotopic (exact) mass is 667 g/mol. The molecule has 2 amide bonds. The first-order valence-corrected chi connectivity index (χ1v) is 19.6. The second kappa shape index (κ2) is 12.7. The van der Waals surface area contributed by atoms with Crippen LogP contribution in [0.1, 0.15) is 125 Å². The van der Waals surface area contributed by atoms with Gasteiger partial charge in [0.05, 0.1) is 5.69 Å². The van der Waals surface area contributed by atoms with Gasteiger partial charge < -0.3 is 0 Å². The Bertz CT molecular complexity index is 1350. The second-order valence-corrected chi connectivity index (χ2v) is 18.8. The summed E-state index contributed by atoms with van der Waals surface area (Å²) < 4.78 is 0. The van der Waals surface area contributed by atoms with Crippen molar-refractivity contribution in [2.24, 2.45) is 57.4 Å². The zero-order valence-electron chi connectivity index (χ0n) is 29.7. The van der Waals surface area contributed by atoms with Crippen molar-refractivity contribution in [3.05, 3.63) is 29.8 Å². The number of halogens is 1. The second-order valence-electron chi connectivity index (χ2n) is 16.9. The largest absolute Gasteiger partial charge is 0.274 e. The van der Waals surface area contributed by atoms with Gasteiger partial charge in [0.15, 0.2) is 5.17 Å². The van der Waals surface area contributed by atoms with E-state index in [-0.39, 0.29) is 28.5 Å². The number of amides is 2. The number of nitrogens with zero attached hydrogens (tertiary/aromatic N) is 3. The number of thioether (sulfide) groups is 1. The Morgan fingerprint density at radius 2 is 1.67 bits per heavy atom. The van der Waals surface area contributed by atoms with Crippen LogP contribution in [0.3, 0.4) is 0 Å². The maximum absolute atomic E-state index is 13.7. The van der Waals surface area contributed by atoms with Gasteiger partial charge in [0, 0.05) is 25.1 Å². The van der Waals surface area contributed by atoms with E-state index in [0.717, 1.165) is 54.7 Å². The average molecular weight is 668 g/mol. The highest BCUT2D eigenvalue weighted by Gasteiger charge is 2.69. The third-order valence-electron chi connectivity index (χ3n) is 13.8. The van der Waals surface area contributed by atoms with Crippen LogP contribution in [0, 0.1) is 59.2 Å². The SMILES string of the molecule is CC(=O)N(C1=NN(C(C)=O)[C@]2(CC3C4CCC(C(C)CCCC(C)C)C4(C)CCC3C3(C)CCC(Cl)CC32)S1)c1ccc(C)cc1. The molecule has 9 unspecified atom stereocenters.